The Morgan fingerprint density at radius 1 is 1.11 bits per heavy atom. The summed E-state index contributed by atoms with van der Waals surface area (Å²) in [6.45, 7) is 5.89. The Hall–Kier alpha value is -2.40. The molecule has 1 aliphatic carbocycles. The number of nitrogens with zero attached hydrogens (tertiary/aromatic N) is 3. The van der Waals surface area contributed by atoms with Gasteiger partial charge in [-0.15, -0.1) is 5.10 Å². The van der Waals surface area contributed by atoms with Crippen molar-refractivity contribution in [1.29, 1.82) is 0 Å². The molecule has 2 heterocycles. The predicted octanol–water partition coefficient (Wildman–Crippen LogP) is 4.41. The summed E-state index contributed by atoms with van der Waals surface area (Å²) in [4.78, 5) is 4.47. The van der Waals surface area contributed by atoms with Gasteiger partial charge in [-0.2, -0.15) is 0 Å². The van der Waals surface area contributed by atoms with Crippen molar-refractivity contribution in [3.8, 4) is 17.1 Å². The van der Waals surface area contributed by atoms with Gasteiger partial charge in [-0.1, -0.05) is 23.8 Å². The highest BCUT2D eigenvalue weighted by molar-refractivity contribution is 5.63. The van der Waals surface area contributed by atoms with Crippen LogP contribution in [0.15, 0.2) is 42.6 Å². The summed E-state index contributed by atoms with van der Waals surface area (Å²) in [5.41, 5.74) is 3.47. The maximum absolute atomic E-state index is 10.2. The van der Waals surface area contributed by atoms with E-state index in [1.165, 1.54) is 5.56 Å². The normalized spacial score (nSPS) is 20.7. The van der Waals surface area contributed by atoms with Crippen molar-refractivity contribution in [3.63, 3.8) is 0 Å². The maximum atomic E-state index is 10.2. The molecule has 1 N–H and O–H groups in total. The van der Waals surface area contributed by atoms with Crippen LogP contribution in [0.5, 0.6) is 5.88 Å². The molecule has 5 nitrogen and oxygen atoms in total. The lowest BCUT2D eigenvalue weighted by Gasteiger charge is -2.35. The predicted molar refractivity (Wildman–Crippen MR) is 106 cm³/mol. The smallest absolute Gasteiger partial charge is 0.232 e. The molecule has 0 radical (unpaired) electrons. The first kappa shape index (κ1) is 18.0. The van der Waals surface area contributed by atoms with E-state index in [0.717, 1.165) is 42.6 Å². The van der Waals surface area contributed by atoms with E-state index in [-0.39, 0.29) is 6.10 Å². The van der Waals surface area contributed by atoms with E-state index in [0.29, 0.717) is 11.8 Å². The van der Waals surface area contributed by atoms with Crippen molar-refractivity contribution in [2.24, 2.45) is 5.92 Å². The number of rotatable bonds is 4. The summed E-state index contributed by atoms with van der Waals surface area (Å²) < 4.78 is 8.02. The van der Waals surface area contributed by atoms with Gasteiger partial charge in [0.15, 0.2) is 5.65 Å². The van der Waals surface area contributed by atoms with Crippen molar-refractivity contribution < 1.29 is 9.84 Å². The first-order chi connectivity index (χ1) is 12.9. The number of aromatic nitrogens is 3. The molecule has 0 unspecified atom stereocenters. The van der Waals surface area contributed by atoms with Gasteiger partial charge in [-0.25, -0.2) is 9.50 Å². The summed E-state index contributed by atoms with van der Waals surface area (Å²) in [5.74, 6) is 0.968. The Balaban J connectivity index is 1.53. The molecule has 1 fully saturated rings. The molecule has 3 aromatic rings. The fraction of sp³-hybridized carbons (Fsp3) is 0.455. The number of hydrogen-bond donors (Lipinski definition) is 1. The van der Waals surface area contributed by atoms with Gasteiger partial charge in [-0.3, -0.25) is 0 Å². The molecule has 1 aromatic carbocycles. The van der Waals surface area contributed by atoms with E-state index in [9.17, 15) is 5.11 Å². The Labute approximate surface area is 160 Å². The first-order valence-electron chi connectivity index (χ1n) is 9.71. The fourth-order valence-electron chi connectivity index (χ4n) is 3.98. The van der Waals surface area contributed by atoms with Crippen molar-refractivity contribution in [2.75, 3.05) is 0 Å². The van der Waals surface area contributed by atoms with Gasteiger partial charge in [0.1, 0.15) is 6.10 Å². The molecule has 2 aromatic heterocycles. The molecular weight excluding hydrogens is 338 g/mol. The van der Waals surface area contributed by atoms with E-state index in [1.807, 2.05) is 42.8 Å². The molecule has 0 amide bonds. The van der Waals surface area contributed by atoms with Crippen LogP contribution in [0, 0.1) is 12.8 Å². The molecule has 0 saturated heterocycles. The van der Waals surface area contributed by atoms with Crippen LogP contribution in [0.2, 0.25) is 0 Å². The van der Waals surface area contributed by atoms with Crippen LogP contribution in [-0.2, 0) is 0 Å². The monoisotopic (exact) mass is 365 g/mol. The molecule has 142 valence electrons. The number of ether oxygens (including phenoxy) is 1. The van der Waals surface area contributed by atoms with E-state index >= 15 is 0 Å². The van der Waals surface area contributed by atoms with Crippen molar-refractivity contribution >= 4 is 5.65 Å². The highest BCUT2D eigenvalue weighted by Gasteiger charge is 2.32. The maximum Gasteiger partial charge on any atom is 0.232 e. The first-order valence-corrected chi connectivity index (χ1v) is 9.71. The van der Waals surface area contributed by atoms with E-state index in [2.05, 4.69) is 35.2 Å². The Kier molecular flexibility index (Phi) is 4.64. The number of aliphatic hydroxyl groups is 1. The van der Waals surface area contributed by atoms with Gasteiger partial charge in [0.2, 0.25) is 5.88 Å². The highest BCUT2D eigenvalue weighted by atomic mass is 16.5. The van der Waals surface area contributed by atoms with Crippen LogP contribution < -0.4 is 4.74 Å². The molecular formula is C22H27N3O2. The number of fused-ring (bicyclic) bond motifs is 1. The van der Waals surface area contributed by atoms with Gasteiger partial charge >= 0.3 is 0 Å². The number of benzene rings is 1. The number of imidazole rings is 1. The Morgan fingerprint density at radius 2 is 1.89 bits per heavy atom. The lowest BCUT2D eigenvalue weighted by Crippen LogP contribution is -2.36. The molecule has 0 bridgehead atoms. The molecule has 1 aliphatic rings. The van der Waals surface area contributed by atoms with Crippen LogP contribution in [0.1, 0.15) is 45.1 Å². The largest absolute Gasteiger partial charge is 0.473 e. The van der Waals surface area contributed by atoms with Gasteiger partial charge in [0.05, 0.1) is 17.5 Å². The van der Waals surface area contributed by atoms with Crippen LogP contribution in [0.3, 0.4) is 0 Å². The minimum atomic E-state index is -0.609. The third-order valence-electron chi connectivity index (χ3n) is 5.61. The van der Waals surface area contributed by atoms with Crippen molar-refractivity contribution in [3.05, 3.63) is 48.2 Å². The fourth-order valence-corrected chi connectivity index (χ4v) is 3.98. The highest BCUT2D eigenvalue weighted by Crippen LogP contribution is 2.34. The van der Waals surface area contributed by atoms with Gasteiger partial charge in [0.25, 0.3) is 0 Å². The lowest BCUT2D eigenvalue weighted by molar-refractivity contribution is -0.0157. The molecule has 4 rings (SSSR count). The second-order valence-electron chi connectivity index (χ2n) is 8.20. The third-order valence-corrected chi connectivity index (χ3v) is 5.61. The molecule has 27 heavy (non-hydrogen) atoms. The second-order valence-corrected chi connectivity index (χ2v) is 8.20. The topological polar surface area (TPSA) is 59.7 Å². The third kappa shape index (κ3) is 3.83. The number of aryl methyl sites for hydroxylation is 1. The van der Waals surface area contributed by atoms with Crippen molar-refractivity contribution in [1.82, 2.24) is 14.6 Å². The summed E-state index contributed by atoms with van der Waals surface area (Å²) in [5, 5.41) is 14.9. The Morgan fingerprint density at radius 3 is 2.59 bits per heavy atom. The second kappa shape index (κ2) is 6.97. The average molecular weight is 365 g/mol. The van der Waals surface area contributed by atoms with E-state index < -0.39 is 5.60 Å². The van der Waals surface area contributed by atoms with Crippen molar-refractivity contribution in [2.45, 2.75) is 58.2 Å². The minimum absolute atomic E-state index is 0.152. The minimum Gasteiger partial charge on any atom is -0.473 e. The summed E-state index contributed by atoms with van der Waals surface area (Å²) in [7, 11) is 0. The van der Waals surface area contributed by atoms with Gasteiger partial charge < -0.3 is 9.84 Å². The molecule has 1 saturated carbocycles. The molecule has 0 atom stereocenters. The molecule has 0 spiro atoms. The van der Waals surface area contributed by atoms with E-state index in [1.54, 1.807) is 0 Å². The zero-order valence-electron chi connectivity index (χ0n) is 16.2. The number of hydrogen-bond acceptors (Lipinski definition) is 4. The van der Waals surface area contributed by atoms with Gasteiger partial charge in [0, 0.05) is 11.6 Å². The molecule has 5 heteroatoms. The average Bonchev–Trinajstić information content (AvgIpc) is 3.05. The standard InChI is InChI=1S/C22H27N3O2/c1-15-5-4-6-16(13-15)19-14-23-20-11-12-21(24-25(19)20)27-18-9-7-17(8-10-18)22(2,3)26/h4-6,11-14,17-18,26H,7-10H2,1-3H3/t17-,18-. The van der Waals surface area contributed by atoms with E-state index in [4.69, 9.17) is 4.74 Å². The zero-order chi connectivity index (χ0) is 19.0. The summed E-state index contributed by atoms with van der Waals surface area (Å²) in [6, 6.07) is 12.2. The summed E-state index contributed by atoms with van der Waals surface area (Å²) >= 11 is 0. The lowest BCUT2D eigenvalue weighted by atomic mass is 9.78. The summed E-state index contributed by atoms with van der Waals surface area (Å²) in [6.07, 6.45) is 5.87. The van der Waals surface area contributed by atoms with Crippen LogP contribution in [0.4, 0.5) is 0 Å². The van der Waals surface area contributed by atoms with Crippen LogP contribution >= 0.6 is 0 Å². The SMILES string of the molecule is Cc1cccc(-c2cnc3ccc(O[C@H]4CC[C@H](C(C)(C)O)CC4)nn23)c1. The Bertz CT molecular complexity index is 934. The van der Waals surface area contributed by atoms with Gasteiger partial charge in [-0.05, 0) is 64.5 Å². The quantitative estimate of drug-likeness (QED) is 0.744. The van der Waals surface area contributed by atoms with Crippen LogP contribution in [0.25, 0.3) is 16.9 Å². The zero-order valence-corrected chi connectivity index (χ0v) is 16.2. The van der Waals surface area contributed by atoms with Crippen LogP contribution in [-0.4, -0.2) is 31.4 Å². The molecule has 0 aliphatic heterocycles.